The number of anilines is 1. The third-order valence-corrected chi connectivity index (χ3v) is 3.12. The van der Waals surface area contributed by atoms with Crippen LogP contribution in [0.5, 0.6) is 0 Å². The topological polar surface area (TPSA) is 80.2 Å². The predicted molar refractivity (Wildman–Crippen MR) is 83.9 cm³/mol. The van der Waals surface area contributed by atoms with Crippen LogP contribution < -0.4 is 16.2 Å². The lowest BCUT2D eigenvalue weighted by Gasteiger charge is -2.08. The van der Waals surface area contributed by atoms with Crippen LogP contribution in [0.25, 0.3) is 0 Å². The van der Waals surface area contributed by atoms with E-state index in [1.807, 2.05) is 6.92 Å². The molecule has 2 N–H and O–H groups in total. The fraction of sp³-hybridized carbons (Fsp3) is 0.188. The van der Waals surface area contributed by atoms with Crippen molar-refractivity contribution in [2.75, 3.05) is 12.4 Å². The third kappa shape index (κ3) is 3.82. The van der Waals surface area contributed by atoms with Crippen LogP contribution in [0, 0.1) is 6.92 Å². The van der Waals surface area contributed by atoms with Gasteiger partial charge in [0.1, 0.15) is 6.54 Å². The van der Waals surface area contributed by atoms with E-state index in [0.29, 0.717) is 11.3 Å². The molecule has 2 rings (SSSR count). The number of rotatable bonds is 4. The van der Waals surface area contributed by atoms with Crippen molar-refractivity contribution in [1.82, 2.24) is 9.88 Å². The average Bonchev–Trinajstić information content (AvgIpc) is 2.50. The van der Waals surface area contributed by atoms with Crippen molar-refractivity contribution in [2.24, 2.45) is 0 Å². The van der Waals surface area contributed by atoms with Gasteiger partial charge in [-0.15, -0.1) is 0 Å². The van der Waals surface area contributed by atoms with E-state index in [2.05, 4.69) is 10.6 Å². The van der Waals surface area contributed by atoms with Gasteiger partial charge in [-0.1, -0.05) is 0 Å². The number of hydrogen-bond donors (Lipinski definition) is 2. The third-order valence-electron chi connectivity index (χ3n) is 3.12. The van der Waals surface area contributed by atoms with Crippen molar-refractivity contribution >= 4 is 17.5 Å². The zero-order chi connectivity index (χ0) is 16.1. The van der Waals surface area contributed by atoms with Gasteiger partial charge in [-0.25, -0.2) is 0 Å². The maximum atomic E-state index is 11.9. The number of aryl methyl sites for hydroxylation is 1. The second-order valence-corrected chi connectivity index (χ2v) is 4.87. The Labute approximate surface area is 127 Å². The quantitative estimate of drug-likeness (QED) is 0.889. The van der Waals surface area contributed by atoms with Crippen molar-refractivity contribution in [2.45, 2.75) is 13.5 Å². The summed E-state index contributed by atoms with van der Waals surface area (Å²) in [6.07, 6.45) is 1.59. The Kier molecular flexibility index (Phi) is 4.73. The maximum Gasteiger partial charge on any atom is 0.251 e. The molecule has 2 amide bonds. The molecule has 0 radical (unpaired) electrons. The van der Waals surface area contributed by atoms with E-state index in [0.717, 1.165) is 5.56 Å². The lowest BCUT2D eigenvalue weighted by atomic mass is 10.2. The van der Waals surface area contributed by atoms with Gasteiger partial charge in [-0.3, -0.25) is 14.4 Å². The van der Waals surface area contributed by atoms with E-state index in [-0.39, 0.29) is 23.9 Å². The zero-order valence-corrected chi connectivity index (χ0v) is 12.4. The first-order valence-corrected chi connectivity index (χ1v) is 6.78. The first-order valence-electron chi connectivity index (χ1n) is 6.78. The molecule has 0 aliphatic heterocycles. The molecule has 0 saturated carbocycles. The van der Waals surface area contributed by atoms with E-state index in [4.69, 9.17) is 0 Å². The van der Waals surface area contributed by atoms with E-state index >= 15 is 0 Å². The molecule has 0 aliphatic carbocycles. The highest BCUT2D eigenvalue weighted by Crippen LogP contribution is 2.09. The van der Waals surface area contributed by atoms with E-state index in [9.17, 15) is 14.4 Å². The largest absolute Gasteiger partial charge is 0.355 e. The molecule has 0 bridgehead atoms. The summed E-state index contributed by atoms with van der Waals surface area (Å²) in [6, 6.07) is 9.76. The Bertz CT molecular complexity index is 748. The number of nitrogens with zero attached hydrogens (tertiary/aromatic N) is 1. The fourth-order valence-corrected chi connectivity index (χ4v) is 1.94. The van der Waals surface area contributed by atoms with Crippen molar-refractivity contribution in [3.63, 3.8) is 0 Å². The van der Waals surface area contributed by atoms with Gasteiger partial charge >= 0.3 is 0 Å². The van der Waals surface area contributed by atoms with Crippen molar-refractivity contribution in [1.29, 1.82) is 0 Å². The van der Waals surface area contributed by atoms with Crippen LogP contribution in [0.4, 0.5) is 5.69 Å². The molecule has 1 aromatic carbocycles. The molecule has 0 unspecified atom stereocenters. The van der Waals surface area contributed by atoms with Gasteiger partial charge in [0.05, 0.1) is 0 Å². The van der Waals surface area contributed by atoms with Gasteiger partial charge < -0.3 is 15.2 Å². The Morgan fingerprint density at radius 2 is 1.82 bits per heavy atom. The molecule has 0 saturated heterocycles. The van der Waals surface area contributed by atoms with Crippen molar-refractivity contribution in [3.8, 4) is 0 Å². The van der Waals surface area contributed by atoms with Crippen LogP contribution >= 0.6 is 0 Å². The molecule has 0 fully saturated rings. The lowest BCUT2D eigenvalue weighted by Crippen LogP contribution is -2.26. The molecule has 1 heterocycles. The van der Waals surface area contributed by atoms with Crippen molar-refractivity contribution in [3.05, 3.63) is 64.1 Å². The van der Waals surface area contributed by atoms with Gasteiger partial charge in [0, 0.05) is 30.6 Å². The molecule has 0 spiro atoms. The summed E-state index contributed by atoms with van der Waals surface area (Å²) in [5, 5.41) is 5.21. The Morgan fingerprint density at radius 1 is 1.14 bits per heavy atom. The molecule has 22 heavy (non-hydrogen) atoms. The normalized spacial score (nSPS) is 10.1. The SMILES string of the molecule is CNC(=O)c1ccc(NC(=O)Cn2ccc(C)cc2=O)cc1. The van der Waals surface area contributed by atoms with Crippen molar-refractivity contribution < 1.29 is 9.59 Å². The molecular formula is C16H17N3O3. The molecule has 6 heteroatoms. The number of amides is 2. The molecule has 114 valence electrons. The lowest BCUT2D eigenvalue weighted by molar-refractivity contribution is -0.116. The number of aromatic nitrogens is 1. The molecule has 0 aliphatic rings. The van der Waals surface area contributed by atoms with Crippen LogP contribution in [0.3, 0.4) is 0 Å². The number of benzene rings is 1. The summed E-state index contributed by atoms with van der Waals surface area (Å²) in [5.74, 6) is -0.497. The Morgan fingerprint density at radius 3 is 2.41 bits per heavy atom. The molecule has 2 aromatic rings. The van der Waals surface area contributed by atoms with Gasteiger partial charge in [0.25, 0.3) is 11.5 Å². The van der Waals surface area contributed by atoms with E-state index < -0.39 is 0 Å². The van der Waals surface area contributed by atoms with Crippen LogP contribution in [0.2, 0.25) is 0 Å². The van der Waals surface area contributed by atoms with Gasteiger partial charge in [-0.05, 0) is 42.8 Å². The summed E-state index contributed by atoms with van der Waals surface area (Å²) < 4.78 is 1.33. The standard InChI is InChI=1S/C16H17N3O3/c1-11-7-8-19(15(21)9-11)10-14(20)18-13-5-3-12(4-6-13)16(22)17-2/h3-9H,10H2,1-2H3,(H,17,22)(H,18,20). The summed E-state index contributed by atoms with van der Waals surface area (Å²) >= 11 is 0. The summed E-state index contributed by atoms with van der Waals surface area (Å²) in [4.78, 5) is 35.1. The van der Waals surface area contributed by atoms with Gasteiger partial charge in [0.15, 0.2) is 0 Å². The summed E-state index contributed by atoms with van der Waals surface area (Å²) in [6.45, 7) is 1.76. The van der Waals surface area contributed by atoms with Gasteiger partial charge in [0.2, 0.25) is 5.91 Å². The number of hydrogen-bond acceptors (Lipinski definition) is 3. The molecule has 6 nitrogen and oxygen atoms in total. The minimum atomic E-state index is -0.307. The molecule has 0 atom stereocenters. The number of carbonyl (C=O) groups excluding carboxylic acids is 2. The second-order valence-electron chi connectivity index (χ2n) is 4.87. The predicted octanol–water partition coefficient (Wildman–Crippen LogP) is 1.16. The monoisotopic (exact) mass is 299 g/mol. The Balaban J connectivity index is 2.03. The fourth-order valence-electron chi connectivity index (χ4n) is 1.94. The minimum Gasteiger partial charge on any atom is -0.355 e. The minimum absolute atomic E-state index is 0.0592. The van der Waals surface area contributed by atoms with Gasteiger partial charge in [-0.2, -0.15) is 0 Å². The maximum absolute atomic E-state index is 11.9. The average molecular weight is 299 g/mol. The van der Waals surface area contributed by atoms with E-state index in [1.54, 1.807) is 43.6 Å². The molecular weight excluding hydrogens is 282 g/mol. The highest BCUT2D eigenvalue weighted by atomic mass is 16.2. The van der Waals surface area contributed by atoms with Crippen LogP contribution in [0.15, 0.2) is 47.4 Å². The number of carbonyl (C=O) groups is 2. The smallest absolute Gasteiger partial charge is 0.251 e. The zero-order valence-electron chi connectivity index (χ0n) is 12.4. The molecule has 1 aromatic heterocycles. The highest BCUT2D eigenvalue weighted by Gasteiger charge is 2.06. The summed E-state index contributed by atoms with van der Waals surface area (Å²) in [7, 11) is 1.55. The first kappa shape index (κ1) is 15.5. The highest BCUT2D eigenvalue weighted by molar-refractivity contribution is 5.95. The number of pyridine rings is 1. The van der Waals surface area contributed by atoms with Crippen LogP contribution in [-0.2, 0) is 11.3 Å². The van der Waals surface area contributed by atoms with E-state index in [1.165, 1.54) is 10.6 Å². The number of nitrogens with one attached hydrogen (secondary N) is 2. The first-order chi connectivity index (χ1) is 10.5. The Hall–Kier alpha value is -2.89. The van der Waals surface area contributed by atoms with Crippen LogP contribution in [-0.4, -0.2) is 23.4 Å². The summed E-state index contributed by atoms with van der Waals surface area (Å²) in [5.41, 5.74) is 1.71. The van der Waals surface area contributed by atoms with Crippen LogP contribution in [0.1, 0.15) is 15.9 Å². The second kappa shape index (κ2) is 6.71.